The van der Waals surface area contributed by atoms with Crippen molar-refractivity contribution >= 4 is 0 Å². The summed E-state index contributed by atoms with van der Waals surface area (Å²) in [6.07, 6.45) is 5.91. The van der Waals surface area contributed by atoms with Gasteiger partial charge in [-0.25, -0.2) is 0 Å². The molecule has 0 bridgehead atoms. The summed E-state index contributed by atoms with van der Waals surface area (Å²) in [6.45, 7) is 11.0. The summed E-state index contributed by atoms with van der Waals surface area (Å²) in [4.78, 5) is 2.46. The molecule has 4 heteroatoms. The van der Waals surface area contributed by atoms with Gasteiger partial charge in [-0.3, -0.25) is 0 Å². The normalized spacial score (nSPS) is 13.2. The topological polar surface area (TPSA) is 41.3 Å². The molecule has 1 atom stereocenters. The molecule has 0 saturated carbocycles. The van der Waals surface area contributed by atoms with E-state index in [1.165, 1.54) is 19.4 Å². The van der Waals surface area contributed by atoms with Gasteiger partial charge in [0.15, 0.2) is 0 Å². The second kappa shape index (κ2) is 8.25. The summed E-state index contributed by atoms with van der Waals surface area (Å²) in [7, 11) is 0. The Labute approximate surface area is 104 Å². The average molecular weight is 239 g/mol. The van der Waals surface area contributed by atoms with Gasteiger partial charge >= 0.3 is 0 Å². The first-order chi connectivity index (χ1) is 8.26. The fraction of sp³-hybridized carbons (Fsp3) is 0.769. The van der Waals surface area contributed by atoms with Crippen LogP contribution in [0, 0.1) is 0 Å². The molecule has 1 rings (SSSR count). The second-order valence-corrected chi connectivity index (χ2v) is 4.48. The number of nitrogens with one attached hydrogen (secondary N) is 1. The van der Waals surface area contributed by atoms with E-state index < -0.39 is 0 Å². The van der Waals surface area contributed by atoms with Crippen molar-refractivity contribution in [2.75, 3.05) is 19.6 Å². The van der Waals surface area contributed by atoms with Crippen LogP contribution in [0.2, 0.25) is 0 Å². The Kier molecular flexibility index (Phi) is 6.89. The highest BCUT2D eigenvalue weighted by Gasteiger charge is 2.04. The number of hydrogen-bond acceptors (Lipinski definition) is 4. The molecular formula is C13H25N3O. The predicted molar refractivity (Wildman–Crippen MR) is 69.8 cm³/mol. The molecule has 0 amide bonds. The monoisotopic (exact) mass is 239 g/mol. The Bertz CT molecular complexity index is 270. The first kappa shape index (κ1) is 14.2. The zero-order valence-electron chi connectivity index (χ0n) is 11.3. The number of hydrogen-bond donors (Lipinski definition) is 1. The SMILES string of the molecule is CCN(CC)CCCC(C)NCc1cnoc1. The van der Waals surface area contributed by atoms with Gasteiger partial charge in [0.2, 0.25) is 0 Å². The minimum absolute atomic E-state index is 0.542. The number of nitrogens with zero attached hydrogens (tertiary/aromatic N) is 2. The third kappa shape index (κ3) is 5.84. The van der Waals surface area contributed by atoms with E-state index in [1.807, 2.05) is 0 Å². The molecule has 0 radical (unpaired) electrons. The molecule has 4 nitrogen and oxygen atoms in total. The van der Waals surface area contributed by atoms with Crippen LogP contribution in [0.5, 0.6) is 0 Å². The molecule has 1 aromatic rings. The molecule has 0 aliphatic carbocycles. The summed E-state index contributed by atoms with van der Waals surface area (Å²) in [5.74, 6) is 0. The van der Waals surface area contributed by atoms with Gasteiger partial charge in [0.05, 0.1) is 6.20 Å². The van der Waals surface area contributed by atoms with E-state index in [-0.39, 0.29) is 0 Å². The molecule has 0 aliphatic heterocycles. The van der Waals surface area contributed by atoms with Crippen molar-refractivity contribution in [2.45, 2.75) is 46.2 Å². The fourth-order valence-corrected chi connectivity index (χ4v) is 1.87. The summed E-state index contributed by atoms with van der Waals surface area (Å²) < 4.78 is 4.79. The van der Waals surface area contributed by atoms with Crippen LogP contribution in [0.15, 0.2) is 17.0 Å². The fourth-order valence-electron chi connectivity index (χ4n) is 1.87. The molecule has 0 aliphatic rings. The van der Waals surface area contributed by atoms with Crippen molar-refractivity contribution in [2.24, 2.45) is 0 Å². The van der Waals surface area contributed by atoms with Gasteiger partial charge in [-0.2, -0.15) is 0 Å². The van der Waals surface area contributed by atoms with E-state index in [0.29, 0.717) is 6.04 Å². The zero-order chi connectivity index (χ0) is 12.5. The van der Waals surface area contributed by atoms with Crippen molar-refractivity contribution in [3.63, 3.8) is 0 Å². The third-order valence-electron chi connectivity index (χ3n) is 3.14. The Morgan fingerprint density at radius 1 is 1.41 bits per heavy atom. The van der Waals surface area contributed by atoms with Crippen LogP contribution in [0.1, 0.15) is 39.2 Å². The van der Waals surface area contributed by atoms with Crippen LogP contribution in [0.25, 0.3) is 0 Å². The van der Waals surface area contributed by atoms with E-state index in [0.717, 1.165) is 25.2 Å². The van der Waals surface area contributed by atoms with E-state index >= 15 is 0 Å². The van der Waals surface area contributed by atoms with Crippen LogP contribution >= 0.6 is 0 Å². The summed E-state index contributed by atoms with van der Waals surface area (Å²) >= 11 is 0. The maximum absolute atomic E-state index is 4.79. The summed E-state index contributed by atoms with van der Waals surface area (Å²) in [5.41, 5.74) is 1.11. The molecular weight excluding hydrogens is 214 g/mol. The molecule has 1 N–H and O–H groups in total. The predicted octanol–water partition coefficient (Wildman–Crippen LogP) is 2.27. The van der Waals surface area contributed by atoms with E-state index in [9.17, 15) is 0 Å². The molecule has 17 heavy (non-hydrogen) atoms. The first-order valence-electron chi connectivity index (χ1n) is 6.60. The molecule has 0 fully saturated rings. The van der Waals surface area contributed by atoms with Crippen molar-refractivity contribution in [1.82, 2.24) is 15.4 Å². The Balaban J connectivity index is 2.06. The molecule has 1 unspecified atom stereocenters. The largest absolute Gasteiger partial charge is 0.364 e. The van der Waals surface area contributed by atoms with Gasteiger partial charge in [-0.15, -0.1) is 0 Å². The molecule has 0 aromatic carbocycles. The standard InChI is InChI=1S/C13H25N3O/c1-4-16(5-2)8-6-7-12(3)14-9-13-10-15-17-11-13/h10-12,14H,4-9H2,1-3H3. The minimum Gasteiger partial charge on any atom is -0.364 e. The highest BCUT2D eigenvalue weighted by Crippen LogP contribution is 2.02. The van der Waals surface area contributed by atoms with Gasteiger partial charge in [0, 0.05) is 18.2 Å². The van der Waals surface area contributed by atoms with Gasteiger partial charge in [0.25, 0.3) is 0 Å². The van der Waals surface area contributed by atoms with Crippen LogP contribution in [-0.2, 0) is 6.54 Å². The summed E-state index contributed by atoms with van der Waals surface area (Å²) in [5, 5.41) is 7.16. The number of rotatable bonds is 9. The lowest BCUT2D eigenvalue weighted by Crippen LogP contribution is -2.28. The van der Waals surface area contributed by atoms with Crippen molar-refractivity contribution in [1.29, 1.82) is 0 Å². The zero-order valence-corrected chi connectivity index (χ0v) is 11.3. The molecule has 0 spiro atoms. The van der Waals surface area contributed by atoms with Crippen molar-refractivity contribution < 1.29 is 4.52 Å². The quantitative estimate of drug-likeness (QED) is 0.718. The van der Waals surface area contributed by atoms with E-state index in [2.05, 4.69) is 36.1 Å². The Morgan fingerprint density at radius 3 is 2.76 bits per heavy atom. The van der Waals surface area contributed by atoms with Crippen LogP contribution in [0.4, 0.5) is 0 Å². The van der Waals surface area contributed by atoms with Crippen molar-refractivity contribution in [3.05, 3.63) is 18.0 Å². The lowest BCUT2D eigenvalue weighted by atomic mass is 10.1. The molecule has 98 valence electrons. The smallest absolute Gasteiger partial charge is 0.128 e. The molecule has 1 heterocycles. The van der Waals surface area contributed by atoms with E-state index in [4.69, 9.17) is 4.52 Å². The average Bonchev–Trinajstić information content (AvgIpc) is 2.85. The van der Waals surface area contributed by atoms with Gasteiger partial charge in [-0.1, -0.05) is 19.0 Å². The second-order valence-electron chi connectivity index (χ2n) is 4.48. The Hall–Kier alpha value is -0.870. The third-order valence-corrected chi connectivity index (χ3v) is 3.14. The van der Waals surface area contributed by atoms with Crippen LogP contribution < -0.4 is 5.32 Å². The highest BCUT2D eigenvalue weighted by atomic mass is 16.5. The van der Waals surface area contributed by atoms with Gasteiger partial charge < -0.3 is 14.7 Å². The van der Waals surface area contributed by atoms with Crippen molar-refractivity contribution in [3.8, 4) is 0 Å². The molecule has 1 aromatic heterocycles. The highest BCUT2D eigenvalue weighted by molar-refractivity contribution is 4.99. The maximum Gasteiger partial charge on any atom is 0.128 e. The van der Waals surface area contributed by atoms with Gasteiger partial charge in [0.1, 0.15) is 6.26 Å². The van der Waals surface area contributed by atoms with Crippen LogP contribution in [-0.4, -0.2) is 35.7 Å². The summed E-state index contributed by atoms with van der Waals surface area (Å²) in [6, 6.07) is 0.542. The van der Waals surface area contributed by atoms with Crippen LogP contribution in [0.3, 0.4) is 0 Å². The minimum atomic E-state index is 0.542. The number of aromatic nitrogens is 1. The maximum atomic E-state index is 4.79. The lowest BCUT2D eigenvalue weighted by molar-refractivity contribution is 0.290. The van der Waals surface area contributed by atoms with E-state index in [1.54, 1.807) is 12.5 Å². The Morgan fingerprint density at radius 2 is 2.18 bits per heavy atom. The lowest BCUT2D eigenvalue weighted by Gasteiger charge is -2.19. The first-order valence-corrected chi connectivity index (χ1v) is 6.60. The van der Waals surface area contributed by atoms with Gasteiger partial charge in [-0.05, 0) is 39.4 Å². The molecule has 0 saturated heterocycles.